The van der Waals surface area contributed by atoms with Gasteiger partial charge < -0.3 is 0 Å². The third kappa shape index (κ3) is 14.6. The highest BCUT2D eigenvalue weighted by atomic mass is 14.1. The maximum Gasteiger partial charge on any atom is -0.00323 e. The summed E-state index contributed by atoms with van der Waals surface area (Å²) in [6.07, 6.45) is 39.9. The topological polar surface area (TPSA) is 0 Å². The average molecular weight is 457 g/mol. The van der Waals surface area contributed by atoms with Crippen molar-refractivity contribution < 1.29 is 0 Å². The highest BCUT2D eigenvalue weighted by Crippen LogP contribution is 2.23. The van der Waals surface area contributed by atoms with Crippen molar-refractivity contribution in [3.63, 3.8) is 0 Å². The van der Waals surface area contributed by atoms with Crippen molar-refractivity contribution in [2.24, 2.45) is 5.92 Å². The SMILES string of the molecule is C=C=C(C)CCCCCC(C=CCC=C(C=C)CC1=CCCCC=C1)CC(C=CC)=CC=CC. The second-order valence-corrected chi connectivity index (χ2v) is 9.22. The van der Waals surface area contributed by atoms with E-state index in [0.29, 0.717) is 5.92 Å². The molecule has 0 heterocycles. The fourth-order valence-corrected chi connectivity index (χ4v) is 4.17. The quantitative estimate of drug-likeness (QED) is 0.0937. The summed E-state index contributed by atoms with van der Waals surface area (Å²) in [7, 11) is 0. The third-order valence-electron chi connectivity index (χ3n) is 6.22. The van der Waals surface area contributed by atoms with Gasteiger partial charge >= 0.3 is 0 Å². The molecule has 0 saturated heterocycles. The van der Waals surface area contributed by atoms with E-state index in [4.69, 9.17) is 0 Å². The van der Waals surface area contributed by atoms with E-state index in [9.17, 15) is 0 Å². The molecular weight excluding hydrogens is 408 g/mol. The van der Waals surface area contributed by atoms with Crippen molar-refractivity contribution in [2.75, 3.05) is 0 Å². The molecule has 0 heteroatoms. The Bertz CT molecular complexity index is 840. The first-order chi connectivity index (χ1) is 16.6. The Morgan fingerprint density at radius 3 is 2.71 bits per heavy atom. The number of rotatable bonds is 16. The van der Waals surface area contributed by atoms with Crippen molar-refractivity contribution in [3.8, 4) is 0 Å². The van der Waals surface area contributed by atoms with Crippen molar-refractivity contribution >= 4 is 0 Å². The molecule has 1 unspecified atom stereocenters. The molecule has 0 radical (unpaired) electrons. The van der Waals surface area contributed by atoms with Crippen LogP contribution in [0.2, 0.25) is 0 Å². The maximum atomic E-state index is 4.05. The van der Waals surface area contributed by atoms with E-state index in [1.54, 1.807) is 0 Å². The van der Waals surface area contributed by atoms with Gasteiger partial charge in [0.05, 0.1) is 0 Å². The summed E-state index contributed by atoms with van der Waals surface area (Å²) in [6.45, 7) is 14.1. The van der Waals surface area contributed by atoms with Crippen LogP contribution in [-0.4, -0.2) is 0 Å². The van der Waals surface area contributed by atoms with E-state index in [1.165, 1.54) is 67.2 Å². The zero-order chi connectivity index (χ0) is 24.9. The monoisotopic (exact) mass is 456 g/mol. The average Bonchev–Trinajstić information content (AvgIpc) is 3.12. The van der Waals surface area contributed by atoms with Gasteiger partial charge in [0.15, 0.2) is 0 Å². The van der Waals surface area contributed by atoms with Crippen LogP contribution in [0.1, 0.15) is 91.4 Å². The van der Waals surface area contributed by atoms with Crippen LogP contribution >= 0.6 is 0 Å². The van der Waals surface area contributed by atoms with Crippen molar-refractivity contribution in [3.05, 3.63) is 114 Å². The predicted octanol–water partition coefficient (Wildman–Crippen LogP) is 10.9. The Hall–Kier alpha value is -2.56. The van der Waals surface area contributed by atoms with Crippen LogP contribution in [0.5, 0.6) is 0 Å². The number of allylic oxidation sites excluding steroid dienone is 16. The minimum absolute atomic E-state index is 0.567. The van der Waals surface area contributed by atoms with E-state index in [2.05, 4.69) is 106 Å². The van der Waals surface area contributed by atoms with Crippen molar-refractivity contribution in [2.45, 2.75) is 91.4 Å². The highest BCUT2D eigenvalue weighted by Gasteiger charge is 2.07. The van der Waals surface area contributed by atoms with Crippen LogP contribution in [0.4, 0.5) is 0 Å². The molecular formula is C34H48. The Balaban J connectivity index is 2.76. The second-order valence-electron chi connectivity index (χ2n) is 9.22. The first kappa shape index (κ1) is 29.5. The molecule has 0 nitrogen and oxygen atoms in total. The van der Waals surface area contributed by atoms with Gasteiger partial charge in [0.2, 0.25) is 0 Å². The van der Waals surface area contributed by atoms with E-state index in [0.717, 1.165) is 25.7 Å². The van der Waals surface area contributed by atoms with Gasteiger partial charge in [-0.25, -0.2) is 0 Å². The van der Waals surface area contributed by atoms with Gasteiger partial charge in [-0.1, -0.05) is 98.9 Å². The molecule has 0 amide bonds. The van der Waals surface area contributed by atoms with Gasteiger partial charge in [-0.15, -0.1) is 5.73 Å². The van der Waals surface area contributed by atoms with E-state index < -0.39 is 0 Å². The fraction of sp³-hybridized carbons (Fsp3) is 0.441. The molecule has 0 N–H and O–H groups in total. The molecule has 1 aliphatic carbocycles. The van der Waals surface area contributed by atoms with Crippen LogP contribution in [0.15, 0.2) is 114 Å². The van der Waals surface area contributed by atoms with E-state index in [1.807, 2.05) is 6.08 Å². The summed E-state index contributed by atoms with van der Waals surface area (Å²) < 4.78 is 0. The number of hydrogen-bond acceptors (Lipinski definition) is 0. The van der Waals surface area contributed by atoms with Crippen LogP contribution in [-0.2, 0) is 0 Å². The normalized spacial score (nSPS) is 16.1. The van der Waals surface area contributed by atoms with Crippen LogP contribution < -0.4 is 0 Å². The fourth-order valence-electron chi connectivity index (χ4n) is 4.17. The smallest absolute Gasteiger partial charge is 0.00323 e. The summed E-state index contributed by atoms with van der Waals surface area (Å²) in [4.78, 5) is 0. The molecule has 184 valence electrons. The van der Waals surface area contributed by atoms with Crippen molar-refractivity contribution in [1.29, 1.82) is 0 Å². The standard InChI is InChI=1S/C34H48/c1-6-10-22-32(20-7-2)29-34(26-17-13-14-21-30(5)8-3)27-19-18-23-31(9-4)28-33-24-15-11-12-16-25-33/h6-7,9-10,15,19-20,22-25,27,34H,3-4,11-14,16-18,21,26,28-29H2,1-2,5H3. The lowest BCUT2D eigenvalue weighted by molar-refractivity contribution is 0.530. The summed E-state index contributed by atoms with van der Waals surface area (Å²) in [5.41, 5.74) is 8.45. The lowest BCUT2D eigenvalue weighted by Crippen LogP contribution is -1.99. The maximum absolute atomic E-state index is 4.05. The Labute approximate surface area is 211 Å². The minimum Gasteiger partial charge on any atom is -0.130 e. The molecule has 1 atom stereocenters. The first-order valence-corrected chi connectivity index (χ1v) is 13.3. The molecule has 1 aliphatic rings. The molecule has 0 aromatic heterocycles. The van der Waals surface area contributed by atoms with Crippen LogP contribution in [0.25, 0.3) is 0 Å². The van der Waals surface area contributed by atoms with Crippen LogP contribution in [0, 0.1) is 5.92 Å². The van der Waals surface area contributed by atoms with E-state index >= 15 is 0 Å². The summed E-state index contributed by atoms with van der Waals surface area (Å²) in [6, 6.07) is 0. The minimum atomic E-state index is 0.567. The third-order valence-corrected chi connectivity index (χ3v) is 6.22. The Morgan fingerprint density at radius 2 is 1.97 bits per heavy atom. The van der Waals surface area contributed by atoms with Gasteiger partial charge in [-0.3, -0.25) is 0 Å². The molecule has 0 spiro atoms. The van der Waals surface area contributed by atoms with Gasteiger partial charge in [0, 0.05) is 0 Å². The molecule has 34 heavy (non-hydrogen) atoms. The molecule has 0 fully saturated rings. The Morgan fingerprint density at radius 1 is 1.12 bits per heavy atom. The zero-order valence-corrected chi connectivity index (χ0v) is 22.2. The molecule has 0 aromatic carbocycles. The second kappa shape index (κ2) is 19.9. The Kier molecular flexibility index (Phi) is 17.2. The molecule has 0 bridgehead atoms. The molecule has 0 saturated carbocycles. The number of hydrogen-bond donors (Lipinski definition) is 0. The molecule has 0 aromatic rings. The molecule has 0 aliphatic heterocycles. The van der Waals surface area contributed by atoms with Gasteiger partial charge in [-0.05, 0) is 107 Å². The van der Waals surface area contributed by atoms with Crippen molar-refractivity contribution in [1.82, 2.24) is 0 Å². The lowest BCUT2D eigenvalue weighted by Gasteiger charge is -2.14. The van der Waals surface area contributed by atoms with Gasteiger partial charge in [-0.2, -0.15) is 0 Å². The first-order valence-electron chi connectivity index (χ1n) is 13.3. The van der Waals surface area contributed by atoms with Gasteiger partial charge in [0.1, 0.15) is 0 Å². The number of unbranched alkanes of at least 4 members (excludes halogenated alkanes) is 2. The highest BCUT2D eigenvalue weighted by molar-refractivity contribution is 5.31. The van der Waals surface area contributed by atoms with Gasteiger partial charge in [0.25, 0.3) is 0 Å². The zero-order valence-electron chi connectivity index (χ0n) is 22.2. The summed E-state index contributed by atoms with van der Waals surface area (Å²) in [5.74, 6) is 0.567. The summed E-state index contributed by atoms with van der Waals surface area (Å²) >= 11 is 0. The predicted molar refractivity (Wildman–Crippen MR) is 155 cm³/mol. The van der Waals surface area contributed by atoms with Crippen LogP contribution in [0.3, 0.4) is 0 Å². The summed E-state index contributed by atoms with van der Waals surface area (Å²) in [5, 5.41) is 0. The largest absolute Gasteiger partial charge is 0.130 e. The molecule has 1 rings (SSSR count). The lowest BCUT2D eigenvalue weighted by atomic mass is 9.92. The van der Waals surface area contributed by atoms with E-state index in [-0.39, 0.29) is 0 Å².